The fourth-order valence-corrected chi connectivity index (χ4v) is 1.51. The van der Waals surface area contributed by atoms with E-state index in [1.165, 1.54) is 0 Å². The summed E-state index contributed by atoms with van der Waals surface area (Å²) in [6.45, 7) is 4.56. The second-order valence-corrected chi connectivity index (χ2v) is 3.55. The summed E-state index contributed by atoms with van der Waals surface area (Å²) in [6.07, 6.45) is 3.49. The Morgan fingerprint density at radius 3 is 1.69 bits per heavy atom. The van der Waals surface area contributed by atoms with E-state index in [1.807, 2.05) is 24.3 Å². The maximum absolute atomic E-state index is 4.07. The summed E-state index contributed by atoms with van der Waals surface area (Å²) < 4.78 is 0. The number of aromatic nitrogens is 2. The van der Waals surface area contributed by atoms with E-state index in [4.69, 9.17) is 0 Å². The summed E-state index contributed by atoms with van der Waals surface area (Å²) in [7, 11) is 0. The van der Waals surface area contributed by atoms with Crippen LogP contribution in [0.3, 0.4) is 0 Å². The second kappa shape index (κ2) is 6.15. The molecular weight excluding hydrogens is 200 g/mol. The van der Waals surface area contributed by atoms with Gasteiger partial charge in [-0.2, -0.15) is 0 Å². The van der Waals surface area contributed by atoms with Gasteiger partial charge in [-0.15, -0.1) is 0 Å². The van der Waals surface area contributed by atoms with E-state index in [0.29, 0.717) is 0 Å². The van der Waals surface area contributed by atoms with Crippen LogP contribution in [-0.4, -0.2) is 36.1 Å². The van der Waals surface area contributed by atoms with Crippen LogP contribution in [0, 0.1) is 0 Å². The van der Waals surface area contributed by atoms with Gasteiger partial charge in [-0.05, 0) is 24.3 Å². The molecule has 4 heteroatoms. The Balaban J connectivity index is 0.000000138. The van der Waals surface area contributed by atoms with Crippen molar-refractivity contribution in [2.24, 2.45) is 0 Å². The van der Waals surface area contributed by atoms with Crippen LogP contribution in [0.1, 0.15) is 0 Å². The first-order chi connectivity index (χ1) is 7.97. The van der Waals surface area contributed by atoms with E-state index in [1.54, 1.807) is 12.4 Å². The number of fused-ring (bicyclic) bond motifs is 1. The van der Waals surface area contributed by atoms with Gasteiger partial charge in [0, 0.05) is 44.0 Å². The number of rotatable bonds is 0. The molecule has 2 aromatic heterocycles. The summed E-state index contributed by atoms with van der Waals surface area (Å²) in [5, 5.41) is 7.53. The van der Waals surface area contributed by atoms with Crippen LogP contribution in [0.5, 0.6) is 0 Å². The quantitative estimate of drug-likeness (QED) is 0.684. The number of pyridine rings is 2. The minimum atomic E-state index is 0.810. The fraction of sp³-hybridized carbons (Fsp3) is 0.333. The van der Waals surface area contributed by atoms with Crippen molar-refractivity contribution in [2.45, 2.75) is 0 Å². The van der Waals surface area contributed by atoms with Gasteiger partial charge in [-0.25, -0.2) is 9.97 Å². The van der Waals surface area contributed by atoms with Crippen LogP contribution in [0.2, 0.25) is 0 Å². The predicted molar refractivity (Wildman–Crippen MR) is 65.3 cm³/mol. The average Bonchev–Trinajstić information content (AvgIpc) is 2.42. The molecule has 1 fully saturated rings. The molecule has 0 unspecified atom stereocenters. The molecular formula is C12H16N4. The smallest absolute Gasteiger partial charge is 0.159 e. The molecule has 0 saturated carbocycles. The van der Waals surface area contributed by atoms with Gasteiger partial charge in [0.2, 0.25) is 0 Å². The fourth-order valence-electron chi connectivity index (χ4n) is 1.51. The highest BCUT2D eigenvalue weighted by Crippen LogP contribution is 2.04. The Kier molecular flexibility index (Phi) is 4.22. The van der Waals surface area contributed by atoms with E-state index in [2.05, 4.69) is 20.6 Å². The zero-order valence-electron chi connectivity index (χ0n) is 9.19. The molecule has 0 aliphatic carbocycles. The third-order valence-electron chi connectivity index (χ3n) is 2.33. The van der Waals surface area contributed by atoms with Gasteiger partial charge < -0.3 is 10.6 Å². The Hall–Kier alpha value is -1.52. The molecule has 1 aliphatic rings. The molecule has 2 aromatic rings. The molecule has 0 bridgehead atoms. The number of piperazine rings is 1. The molecule has 3 rings (SSSR count). The van der Waals surface area contributed by atoms with Crippen molar-refractivity contribution in [1.82, 2.24) is 20.6 Å². The highest BCUT2D eigenvalue weighted by Gasteiger charge is 1.91. The predicted octanol–water partition coefficient (Wildman–Crippen LogP) is 0.809. The molecule has 3 heterocycles. The summed E-state index contributed by atoms with van der Waals surface area (Å²) in [6, 6.07) is 7.80. The zero-order valence-corrected chi connectivity index (χ0v) is 9.19. The largest absolute Gasteiger partial charge is 0.314 e. The Morgan fingerprint density at radius 1 is 0.812 bits per heavy atom. The minimum Gasteiger partial charge on any atom is -0.314 e. The molecule has 0 amide bonds. The lowest BCUT2D eigenvalue weighted by Crippen LogP contribution is -2.39. The SMILES string of the molecule is C1CNCCN1.c1cnc2ncccc2c1. The van der Waals surface area contributed by atoms with E-state index < -0.39 is 0 Å². The van der Waals surface area contributed by atoms with Crippen molar-refractivity contribution in [3.8, 4) is 0 Å². The summed E-state index contributed by atoms with van der Waals surface area (Å²) in [5.74, 6) is 0. The first-order valence-electron chi connectivity index (χ1n) is 5.54. The zero-order chi connectivity index (χ0) is 11.1. The lowest BCUT2D eigenvalue weighted by Gasteiger charge is -2.11. The first kappa shape index (κ1) is 11.0. The van der Waals surface area contributed by atoms with Crippen LogP contribution >= 0.6 is 0 Å². The molecule has 0 aromatic carbocycles. The van der Waals surface area contributed by atoms with Crippen LogP contribution < -0.4 is 10.6 Å². The molecule has 4 nitrogen and oxygen atoms in total. The Morgan fingerprint density at radius 2 is 1.31 bits per heavy atom. The molecule has 0 atom stereocenters. The Labute approximate surface area is 95.1 Å². The number of nitrogens with zero attached hydrogens (tertiary/aromatic N) is 2. The Bertz CT molecular complexity index is 349. The van der Waals surface area contributed by atoms with E-state index >= 15 is 0 Å². The molecule has 0 spiro atoms. The number of hydrogen-bond acceptors (Lipinski definition) is 4. The van der Waals surface area contributed by atoms with Gasteiger partial charge in [0.25, 0.3) is 0 Å². The van der Waals surface area contributed by atoms with E-state index in [9.17, 15) is 0 Å². The topological polar surface area (TPSA) is 49.8 Å². The van der Waals surface area contributed by atoms with Gasteiger partial charge in [0.1, 0.15) is 0 Å². The average molecular weight is 216 g/mol. The van der Waals surface area contributed by atoms with Gasteiger partial charge in [0.05, 0.1) is 0 Å². The molecule has 84 valence electrons. The van der Waals surface area contributed by atoms with Crippen molar-refractivity contribution in [3.63, 3.8) is 0 Å². The minimum absolute atomic E-state index is 0.810. The number of nitrogens with one attached hydrogen (secondary N) is 2. The monoisotopic (exact) mass is 216 g/mol. The molecule has 2 N–H and O–H groups in total. The van der Waals surface area contributed by atoms with Crippen LogP contribution in [0.15, 0.2) is 36.7 Å². The molecule has 1 saturated heterocycles. The van der Waals surface area contributed by atoms with Gasteiger partial charge >= 0.3 is 0 Å². The van der Waals surface area contributed by atoms with Crippen molar-refractivity contribution in [3.05, 3.63) is 36.7 Å². The third-order valence-corrected chi connectivity index (χ3v) is 2.33. The van der Waals surface area contributed by atoms with Gasteiger partial charge in [0.15, 0.2) is 5.65 Å². The standard InChI is InChI=1S/C8H6N2.C4H10N2/c1-3-7-4-2-6-10-8(7)9-5-1;1-2-6-4-3-5-1/h1-6H;5-6H,1-4H2. The molecule has 1 aliphatic heterocycles. The second-order valence-electron chi connectivity index (χ2n) is 3.55. The summed E-state index contributed by atoms with van der Waals surface area (Å²) >= 11 is 0. The van der Waals surface area contributed by atoms with Crippen molar-refractivity contribution < 1.29 is 0 Å². The lowest BCUT2D eigenvalue weighted by atomic mass is 10.3. The maximum atomic E-state index is 4.07. The summed E-state index contributed by atoms with van der Waals surface area (Å²) in [4.78, 5) is 8.14. The van der Waals surface area contributed by atoms with Crippen LogP contribution in [-0.2, 0) is 0 Å². The van der Waals surface area contributed by atoms with E-state index in [-0.39, 0.29) is 0 Å². The molecule has 16 heavy (non-hydrogen) atoms. The highest BCUT2D eigenvalue weighted by molar-refractivity contribution is 5.73. The first-order valence-corrected chi connectivity index (χ1v) is 5.54. The van der Waals surface area contributed by atoms with E-state index in [0.717, 1.165) is 37.2 Å². The normalized spacial score (nSPS) is 15.2. The van der Waals surface area contributed by atoms with Crippen molar-refractivity contribution >= 4 is 11.0 Å². The van der Waals surface area contributed by atoms with Crippen molar-refractivity contribution in [2.75, 3.05) is 26.2 Å². The lowest BCUT2D eigenvalue weighted by molar-refractivity contribution is 0.534. The maximum Gasteiger partial charge on any atom is 0.159 e. The van der Waals surface area contributed by atoms with Gasteiger partial charge in [-0.1, -0.05) is 0 Å². The van der Waals surface area contributed by atoms with Crippen LogP contribution in [0.25, 0.3) is 11.0 Å². The third kappa shape index (κ3) is 3.25. The summed E-state index contributed by atoms with van der Waals surface area (Å²) in [5.41, 5.74) is 0.810. The van der Waals surface area contributed by atoms with Gasteiger partial charge in [-0.3, -0.25) is 0 Å². The van der Waals surface area contributed by atoms with Crippen molar-refractivity contribution in [1.29, 1.82) is 0 Å². The van der Waals surface area contributed by atoms with Crippen LogP contribution in [0.4, 0.5) is 0 Å². The number of hydrogen-bond donors (Lipinski definition) is 2. The molecule has 0 radical (unpaired) electrons. The highest BCUT2D eigenvalue weighted by atomic mass is 15.0.